The molecular formula is C23H27F3N2O4S. The third-order valence-electron chi connectivity index (χ3n) is 5.16. The highest BCUT2D eigenvalue weighted by molar-refractivity contribution is 7.89. The third kappa shape index (κ3) is 6.48. The summed E-state index contributed by atoms with van der Waals surface area (Å²) in [4.78, 5) is 12.7. The molecule has 0 aliphatic carbocycles. The Hall–Kier alpha value is -2.59. The first kappa shape index (κ1) is 25.0. The van der Waals surface area contributed by atoms with Crippen molar-refractivity contribution in [1.29, 1.82) is 0 Å². The topological polar surface area (TPSA) is 75.7 Å². The van der Waals surface area contributed by atoms with Crippen molar-refractivity contribution in [3.63, 3.8) is 0 Å². The first-order chi connectivity index (χ1) is 15.5. The van der Waals surface area contributed by atoms with Gasteiger partial charge in [-0.25, -0.2) is 8.42 Å². The Morgan fingerprint density at radius 1 is 1.09 bits per heavy atom. The molecule has 2 aromatic rings. The van der Waals surface area contributed by atoms with E-state index in [1.807, 2.05) is 0 Å². The zero-order valence-electron chi connectivity index (χ0n) is 18.5. The van der Waals surface area contributed by atoms with Gasteiger partial charge in [-0.1, -0.05) is 24.6 Å². The number of benzene rings is 2. The molecule has 0 saturated carbocycles. The van der Waals surface area contributed by atoms with Crippen molar-refractivity contribution in [3.05, 3.63) is 53.6 Å². The van der Waals surface area contributed by atoms with Gasteiger partial charge in [-0.15, -0.1) is 0 Å². The van der Waals surface area contributed by atoms with Gasteiger partial charge >= 0.3 is 6.18 Å². The summed E-state index contributed by atoms with van der Waals surface area (Å²) in [7, 11) is -3.74. The molecule has 1 amide bonds. The first-order valence-corrected chi connectivity index (χ1v) is 12.2. The Kier molecular flexibility index (Phi) is 7.69. The average molecular weight is 485 g/mol. The van der Waals surface area contributed by atoms with Crippen LogP contribution in [0.3, 0.4) is 0 Å². The van der Waals surface area contributed by atoms with Crippen LogP contribution in [-0.2, 0) is 27.4 Å². The SMILES string of the molecule is CC(C)Oc1ccc(S(=O)(=O)N2CCCCC2)cc1NC(=O)Cc1cccc(C(F)(F)F)c1. The number of rotatable bonds is 7. The van der Waals surface area contributed by atoms with E-state index in [0.29, 0.717) is 13.1 Å². The predicted octanol–water partition coefficient (Wildman–Crippen LogP) is 4.85. The van der Waals surface area contributed by atoms with Crippen molar-refractivity contribution < 1.29 is 31.1 Å². The molecule has 1 fully saturated rings. The molecule has 1 aliphatic rings. The normalized spacial score (nSPS) is 15.5. The molecule has 1 N–H and O–H groups in total. The van der Waals surface area contributed by atoms with Crippen LogP contribution in [0.5, 0.6) is 5.75 Å². The summed E-state index contributed by atoms with van der Waals surface area (Å²) in [6, 6.07) is 8.78. The highest BCUT2D eigenvalue weighted by atomic mass is 32.2. The summed E-state index contributed by atoms with van der Waals surface area (Å²) >= 11 is 0. The number of halogens is 3. The molecule has 0 bridgehead atoms. The van der Waals surface area contributed by atoms with E-state index in [-0.39, 0.29) is 34.4 Å². The van der Waals surface area contributed by atoms with E-state index in [1.165, 1.54) is 34.6 Å². The molecule has 0 radical (unpaired) electrons. The van der Waals surface area contributed by atoms with Crippen LogP contribution in [0.1, 0.15) is 44.2 Å². The largest absolute Gasteiger partial charge is 0.489 e. The number of ether oxygens (including phenoxy) is 1. The maximum atomic E-state index is 13.0. The molecule has 10 heteroatoms. The molecule has 1 saturated heterocycles. The van der Waals surface area contributed by atoms with E-state index in [2.05, 4.69) is 5.32 Å². The minimum Gasteiger partial charge on any atom is -0.489 e. The van der Waals surface area contributed by atoms with Crippen LogP contribution < -0.4 is 10.1 Å². The molecule has 0 spiro atoms. The average Bonchev–Trinajstić information content (AvgIpc) is 2.74. The number of nitrogens with one attached hydrogen (secondary N) is 1. The van der Waals surface area contributed by atoms with Crippen LogP contribution in [0.25, 0.3) is 0 Å². The van der Waals surface area contributed by atoms with E-state index in [0.717, 1.165) is 31.4 Å². The highest BCUT2D eigenvalue weighted by Crippen LogP contribution is 2.32. The maximum absolute atomic E-state index is 13.0. The smallest absolute Gasteiger partial charge is 0.416 e. The number of amides is 1. The molecule has 3 rings (SSSR count). The van der Waals surface area contributed by atoms with Crippen molar-refractivity contribution in [3.8, 4) is 5.75 Å². The Morgan fingerprint density at radius 3 is 2.42 bits per heavy atom. The number of carbonyl (C=O) groups is 1. The summed E-state index contributed by atoms with van der Waals surface area (Å²) < 4.78 is 72.1. The van der Waals surface area contributed by atoms with E-state index in [1.54, 1.807) is 13.8 Å². The lowest BCUT2D eigenvalue weighted by molar-refractivity contribution is -0.137. The number of anilines is 1. The standard InChI is InChI=1S/C23H27F3N2O4S/c1-16(2)32-21-10-9-19(33(30,31)28-11-4-3-5-12-28)15-20(21)27-22(29)14-17-7-6-8-18(13-17)23(24,25)26/h6-10,13,15-16H,3-5,11-12,14H2,1-2H3,(H,27,29). The van der Waals surface area contributed by atoms with Crippen molar-refractivity contribution in [1.82, 2.24) is 4.31 Å². The highest BCUT2D eigenvalue weighted by Gasteiger charge is 2.30. The van der Waals surface area contributed by atoms with Crippen molar-refractivity contribution in [2.45, 2.75) is 56.7 Å². The zero-order chi connectivity index (χ0) is 24.2. The molecule has 2 aromatic carbocycles. The second-order valence-electron chi connectivity index (χ2n) is 8.21. The van der Waals surface area contributed by atoms with E-state index in [4.69, 9.17) is 4.74 Å². The van der Waals surface area contributed by atoms with Gasteiger partial charge in [-0.2, -0.15) is 17.5 Å². The monoisotopic (exact) mass is 484 g/mol. The minimum absolute atomic E-state index is 0.0230. The van der Waals surface area contributed by atoms with Gasteiger partial charge in [-0.3, -0.25) is 4.79 Å². The minimum atomic E-state index is -4.51. The summed E-state index contributed by atoms with van der Waals surface area (Å²) in [6.07, 6.45) is -2.52. The molecule has 0 atom stereocenters. The fourth-order valence-electron chi connectivity index (χ4n) is 3.62. The summed E-state index contributed by atoms with van der Waals surface area (Å²) in [6.45, 7) is 4.44. The van der Waals surface area contributed by atoms with Gasteiger partial charge in [0.05, 0.1) is 28.7 Å². The summed E-state index contributed by atoms with van der Waals surface area (Å²) in [5, 5.41) is 2.61. The molecule has 33 heavy (non-hydrogen) atoms. The van der Waals surface area contributed by atoms with Crippen LogP contribution in [0.15, 0.2) is 47.4 Å². The molecular weight excluding hydrogens is 457 g/mol. The van der Waals surface area contributed by atoms with Gasteiger partial charge in [-0.05, 0) is 56.5 Å². The lowest BCUT2D eigenvalue weighted by Gasteiger charge is -2.26. The van der Waals surface area contributed by atoms with E-state index in [9.17, 15) is 26.4 Å². The third-order valence-corrected chi connectivity index (χ3v) is 7.05. The second-order valence-corrected chi connectivity index (χ2v) is 10.2. The molecule has 0 unspecified atom stereocenters. The van der Waals surface area contributed by atoms with Crippen LogP contribution >= 0.6 is 0 Å². The lowest BCUT2D eigenvalue weighted by atomic mass is 10.1. The van der Waals surface area contributed by atoms with Gasteiger partial charge in [0, 0.05) is 13.1 Å². The fourth-order valence-corrected chi connectivity index (χ4v) is 5.16. The van der Waals surface area contributed by atoms with Crippen molar-refractivity contribution >= 4 is 21.6 Å². The molecule has 180 valence electrons. The maximum Gasteiger partial charge on any atom is 0.416 e. The summed E-state index contributed by atoms with van der Waals surface area (Å²) in [5.74, 6) is -0.310. The number of hydrogen-bond donors (Lipinski definition) is 1. The second kappa shape index (κ2) is 10.1. The van der Waals surface area contributed by atoms with Gasteiger partial charge < -0.3 is 10.1 Å². The van der Waals surface area contributed by atoms with Crippen LogP contribution in [0, 0.1) is 0 Å². The number of carbonyl (C=O) groups excluding carboxylic acids is 1. The number of alkyl halides is 3. The Morgan fingerprint density at radius 2 is 1.79 bits per heavy atom. The molecule has 1 heterocycles. The lowest BCUT2D eigenvalue weighted by Crippen LogP contribution is -2.35. The number of hydrogen-bond acceptors (Lipinski definition) is 4. The number of sulfonamides is 1. The van der Waals surface area contributed by atoms with Gasteiger partial charge in [0.15, 0.2) is 0 Å². The first-order valence-electron chi connectivity index (χ1n) is 10.7. The van der Waals surface area contributed by atoms with Crippen molar-refractivity contribution in [2.75, 3.05) is 18.4 Å². The van der Waals surface area contributed by atoms with E-state index >= 15 is 0 Å². The van der Waals surface area contributed by atoms with Crippen molar-refractivity contribution in [2.24, 2.45) is 0 Å². The van der Waals surface area contributed by atoms with Gasteiger partial charge in [0.2, 0.25) is 15.9 Å². The number of piperidine rings is 1. The number of nitrogens with zero attached hydrogens (tertiary/aromatic N) is 1. The molecule has 6 nitrogen and oxygen atoms in total. The van der Waals surface area contributed by atoms with Crippen LogP contribution in [0.4, 0.5) is 18.9 Å². The van der Waals surface area contributed by atoms with Gasteiger partial charge in [0.25, 0.3) is 0 Å². The molecule has 1 aliphatic heterocycles. The quantitative estimate of drug-likeness (QED) is 0.610. The van der Waals surface area contributed by atoms with Crippen LogP contribution in [0.2, 0.25) is 0 Å². The Labute approximate surface area is 191 Å². The Balaban J connectivity index is 1.85. The predicted molar refractivity (Wildman–Crippen MR) is 119 cm³/mol. The van der Waals surface area contributed by atoms with Crippen LogP contribution in [-0.4, -0.2) is 37.8 Å². The van der Waals surface area contributed by atoms with Gasteiger partial charge in [0.1, 0.15) is 5.75 Å². The Bertz CT molecular complexity index is 1100. The molecule has 0 aromatic heterocycles. The zero-order valence-corrected chi connectivity index (χ0v) is 19.3. The fraction of sp³-hybridized carbons (Fsp3) is 0.435. The van der Waals surface area contributed by atoms with E-state index < -0.39 is 27.7 Å². The summed E-state index contributed by atoms with van der Waals surface area (Å²) in [5.41, 5.74) is -0.504.